The zero-order chi connectivity index (χ0) is 17.6. The predicted octanol–water partition coefficient (Wildman–Crippen LogP) is 3.73. The number of amides is 1. The summed E-state index contributed by atoms with van der Waals surface area (Å²) in [6, 6.07) is 13.8. The molecule has 0 N–H and O–H groups in total. The van der Waals surface area contributed by atoms with E-state index in [1.807, 2.05) is 41.8 Å². The molecule has 1 aromatic carbocycles. The molecule has 0 bridgehead atoms. The first-order valence-corrected chi connectivity index (χ1v) is 9.80. The van der Waals surface area contributed by atoms with Gasteiger partial charge in [-0.05, 0) is 36.9 Å². The highest BCUT2D eigenvalue weighted by Crippen LogP contribution is 2.24. The molecule has 1 atom stereocenters. The van der Waals surface area contributed by atoms with Crippen LogP contribution in [-0.4, -0.2) is 33.0 Å². The van der Waals surface area contributed by atoms with Crippen LogP contribution >= 0.6 is 23.1 Å². The molecule has 5 nitrogen and oxygen atoms in total. The molecule has 1 amide bonds. The Morgan fingerprint density at radius 3 is 2.80 bits per heavy atom. The number of thioether (sulfide) groups is 1. The number of para-hydroxylation sites is 1. The Morgan fingerprint density at radius 1 is 1.28 bits per heavy atom. The Bertz CT molecular complexity index is 802. The Labute approximate surface area is 155 Å². The van der Waals surface area contributed by atoms with E-state index in [0.29, 0.717) is 0 Å². The quantitative estimate of drug-likeness (QED) is 0.593. The van der Waals surface area contributed by atoms with Crippen molar-refractivity contribution < 1.29 is 4.79 Å². The molecule has 3 aromatic rings. The van der Waals surface area contributed by atoms with Gasteiger partial charge in [-0.1, -0.05) is 36.0 Å². The zero-order valence-corrected chi connectivity index (χ0v) is 15.8. The second-order valence-corrected chi connectivity index (χ2v) is 7.97. The number of carbonyl (C=O) groups excluding carboxylic acids is 1. The van der Waals surface area contributed by atoms with Crippen molar-refractivity contribution in [2.75, 3.05) is 11.9 Å². The van der Waals surface area contributed by atoms with E-state index in [9.17, 15) is 4.79 Å². The lowest BCUT2D eigenvalue weighted by Crippen LogP contribution is -2.33. The van der Waals surface area contributed by atoms with Crippen LogP contribution in [0.15, 0.2) is 59.3 Å². The van der Waals surface area contributed by atoms with E-state index in [4.69, 9.17) is 0 Å². The van der Waals surface area contributed by atoms with Gasteiger partial charge >= 0.3 is 0 Å². The molecular weight excluding hydrogens is 352 g/mol. The summed E-state index contributed by atoms with van der Waals surface area (Å²) in [4.78, 5) is 15.7. The third-order valence-electron chi connectivity index (χ3n) is 3.86. The summed E-state index contributed by atoms with van der Waals surface area (Å²) in [6.07, 6.45) is 2.67. The van der Waals surface area contributed by atoms with Gasteiger partial charge < -0.3 is 9.47 Å². The summed E-state index contributed by atoms with van der Waals surface area (Å²) in [5, 5.41) is 10.8. The maximum Gasteiger partial charge on any atom is 0.240 e. The van der Waals surface area contributed by atoms with Crippen molar-refractivity contribution in [2.24, 2.45) is 0 Å². The molecule has 0 spiro atoms. The van der Waals surface area contributed by atoms with Crippen molar-refractivity contribution in [1.29, 1.82) is 0 Å². The van der Waals surface area contributed by atoms with Crippen molar-refractivity contribution in [3.05, 3.63) is 59.0 Å². The summed E-state index contributed by atoms with van der Waals surface area (Å²) in [7, 11) is 1.80. The van der Waals surface area contributed by atoms with Crippen LogP contribution in [0.4, 0.5) is 5.69 Å². The van der Waals surface area contributed by atoms with Crippen LogP contribution in [-0.2, 0) is 17.8 Å². The van der Waals surface area contributed by atoms with Crippen molar-refractivity contribution in [3.63, 3.8) is 0 Å². The minimum absolute atomic E-state index is 0.0454. The van der Waals surface area contributed by atoms with Gasteiger partial charge in [0.25, 0.3) is 0 Å². The monoisotopic (exact) mass is 372 g/mol. The molecule has 0 aliphatic rings. The predicted molar refractivity (Wildman–Crippen MR) is 103 cm³/mol. The van der Waals surface area contributed by atoms with Crippen molar-refractivity contribution in [3.8, 4) is 0 Å². The van der Waals surface area contributed by atoms with Gasteiger partial charge in [-0.25, -0.2) is 0 Å². The second kappa shape index (κ2) is 8.31. The maximum absolute atomic E-state index is 12.7. The lowest BCUT2D eigenvalue weighted by molar-refractivity contribution is -0.117. The minimum atomic E-state index is -0.241. The number of aryl methyl sites for hydroxylation is 2. The third-order valence-corrected chi connectivity index (χ3v) is 5.88. The van der Waals surface area contributed by atoms with Gasteiger partial charge in [0, 0.05) is 24.2 Å². The summed E-state index contributed by atoms with van der Waals surface area (Å²) >= 11 is 3.20. The minimum Gasteiger partial charge on any atom is -0.315 e. The number of hydrogen-bond donors (Lipinski definition) is 0. The van der Waals surface area contributed by atoms with Crippen molar-refractivity contribution in [1.82, 2.24) is 14.8 Å². The van der Waals surface area contributed by atoms with Gasteiger partial charge in [0.2, 0.25) is 5.91 Å². The molecule has 0 saturated carbocycles. The molecule has 0 aliphatic heterocycles. The van der Waals surface area contributed by atoms with Crippen LogP contribution in [0.3, 0.4) is 0 Å². The van der Waals surface area contributed by atoms with E-state index < -0.39 is 0 Å². The number of carbonyl (C=O) groups is 1. The fraction of sp³-hybridized carbons (Fsp3) is 0.278. The third kappa shape index (κ3) is 4.49. The Balaban J connectivity index is 1.62. The highest BCUT2D eigenvalue weighted by atomic mass is 32.2. The van der Waals surface area contributed by atoms with Gasteiger partial charge in [-0.2, -0.15) is 0 Å². The molecule has 0 saturated heterocycles. The maximum atomic E-state index is 12.7. The van der Waals surface area contributed by atoms with Crippen LogP contribution < -0.4 is 4.90 Å². The Kier molecular flexibility index (Phi) is 5.88. The molecule has 3 rings (SSSR count). The number of anilines is 1. The number of hydrogen-bond acceptors (Lipinski definition) is 5. The first-order chi connectivity index (χ1) is 12.1. The SMILES string of the molecule is CC(Sc1nncn1CCc1cccs1)C(=O)N(C)c1ccccc1. The fourth-order valence-corrected chi connectivity index (χ4v) is 4.08. The number of rotatable bonds is 7. The van der Waals surface area contributed by atoms with E-state index in [-0.39, 0.29) is 11.2 Å². The average molecular weight is 373 g/mol. The van der Waals surface area contributed by atoms with Crippen LogP contribution in [0, 0.1) is 0 Å². The molecule has 2 heterocycles. The molecule has 0 aliphatic carbocycles. The molecule has 1 unspecified atom stereocenters. The van der Waals surface area contributed by atoms with Crippen molar-refractivity contribution in [2.45, 2.75) is 30.3 Å². The van der Waals surface area contributed by atoms with E-state index >= 15 is 0 Å². The van der Waals surface area contributed by atoms with Crippen LogP contribution in [0.25, 0.3) is 0 Å². The van der Waals surface area contributed by atoms with Crippen LogP contribution in [0.5, 0.6) is 0 Å². The zero-order valence-electron chi connectivity index (χ0n) is 14.2. The normalized spacial score (nSPS) is 12.1. The molecular formula is C18H20N4OS2. The van der Waals surface area contributed by atoms with E-state index in [2.05, 4.69) is 27.7 Å². The number of nitrogens with zero attached hydrogens (tertiary/aromatic N) is 4. The summed E-state index contributed by atoms with van der Waals surface area (Å²) < 4.78 is 2.01. The Morgan fingerprint density at radius 2 is 2.08 bits per heavy atom. The number of thiophene rings is 1. The van der Waals surface area contributed by atoms with Gasteiger partial charge in [0.15, 0.2) is 5.16 Å². The van der Waals surface area contributed by atoms with Gasteiger partial charge in [0.1, 0.15) is 6.33 Å². The smallest absolute Gasteiger partial charge is 0.240 e. The summed E-state index contributed by atoms with van der Waals surface area (Å²) in [6.45, 7) is 2.72. The van der Waals surface area contributed by atoms with Gasteiger partial charge in [-0.3, -0.25) is 4.79 Å². The summed E-state index contributed by atoms with van der Waals surface area (Å²) in [5.41, 5.74) is 0.888. The first kappa shape index (κ1) is 17.7. The molecule has 2 aromatic heterocycles. The lowest BCUT2D eigenvalue weighted by atomic mass is 10.3. The first-order valence-electron chi connectivity index (χ1n) is 8.04. The highest BCUT2D eigenvalue weighted by molar-refractivity contribution is 8.00. The lowest BCUT2D eigenvalue weighted by Gasteiger charge is -2.21. The second-order valence-electron chi connectivity index (χ2n) is 5.63. The Hall–Kier alpha value is -2.12. The van der Waals surface area contributed by atoms with Crippen LogP contribution in [0.1, 0.15) is 11.8 Å². The highest BCUT2D eigenvalue weighted by Gasteiger charge is 2.22. The van der Waals surface area contributed by atoms with E-state index in [0.717, 1.165) is 23.8 Å². The molecule has 0 fully saturated rings. The molecule has 25 heavy (non-hydrogen) atoms. The molecule has 130 valence electrons. The fourth-order valence-electron chi connectivity index (χ4n) is 2.43. The largest absolute Gasteiger partial charge is 0.315 e. The standard InChI is InChI=1S/C18H20N4OS2/c1-14(17(23)21(2)15-7-4-3-5-8-15)25-18-20-19-13-22(18)11-10-16-9-6-12-24-16/h3-9,12-14H,10-11H2,1-2H3. The number of aromatic nitrogens is 3. The van der Waals surface area contributed by atoms with E-state index in [1.165, 1.54) is 16.6 Å². The topological polar surface area (TPSA) is 51.0 Å². The summed E-state index contributed by atoms with van der Waals surface area (Å²) in [5.74, 6) is 0.0454. The van der Waals surface area contributed by atoms with E-state index in [1.54, 1.807) is 29.6 Å². The van der Waals surface area contributed by atoms with Crippen LogP contribution in [0.2, 0.25) is 0 Å². The molecule has 0 radical (unpaired) electrons. The average Bonchev–Trinajstić information content (AvgIpc) is 3.31. The number of benzene rings is 1. The van der Waals surface area contributed by atoms with Gasteiger partial charge in [0.05, 0.1) is 5.25 Å². The van der Waals surface area contributed by atoms with Gasteiger partial charge in [-0.15, -0.1) is 21.5 Å². The molecule has 7 heteroatoms. The van der Waals surface area contributed by atoms with Crippen molar-refractivity contribution >= 4 is 34.7 Å².